The summed E-state index contributed by atoms with van der Waals surface area (Å²) in [5.41, 5.74) is 5.24. The van der Waals surface area contributed by atoms with E-state index < -0.39 is 39.9 Å². The summed E-state index contributed by atoms with van der Waals surface area (Å²) in [6.07, 6.45) is 0. The number of nitrogens with two attached hydrogens (primary N) is 1. The number of hydrogen-bond donors (Lipinski definition) is 2. The Balaban J connectivity index is 0.00000441. The Morgan fingerprint density at radius 3 is 2.50 bits per heavy atom. The maximum Gasteiger partial charge on any atom is 0.339 e. The van der Waals surface area contributed by atoms with E-state index in [1.807, 2.05) is 0 Å². The van der Waals surface area contributed by atoms with Gasteiger partial charge in [0.2, 0.25) is 10.0 Å². The maximum absolute atomic E-state index is 13.0. The van der Waals surface area contributed by atoms with Crippen LogP contribution in [0.25, 0.3) is 0 Å². The molecule has 22 heavy (non-hydrogen) atoms. The van der Waals surface area contributed by atoms with Crippen molar-refractivity contribution >= 4 is 28.4 Å². The Bertz CT molecular complexity index is 638. The normalized spacial score (nSPS) is 11.7. The van der Waals surface area contributed by atoms with Gasteiger partial charge in [-0.1, -0.05) is 11.6 Å². The number of halogens is 3. The van der Waals surface area contributed by atoms with Crippen molar-refractivity contribution in [1.82, 2.24) is 4.72 Å². The number of alkyl halides is 2. The molecule has 0 aromatic heterocycles. The minimum atomic E-state index is -4.29. The third-order valence-electron chi connectivity index (χ3n) is 2.65. The Hall–Kier alpha value is -1.29. The predicted octanol–water partition coefficient (Wildman–Crippen LogP) is 1.08. The van der Waals surface area contributed by atoms with Gasteiger partial charge in [-0.25, -0.2) is 26.7 Å². The van der Waals surface area contributed by atoms with Crippen molar-refractivity contribution < 1.29 is 26.7 Å². The Morgan fingerprint density at radius 2 is 2.00 bits per heavy atom. The van der Waals surface area contributed by atoms with Gasteiger partial charge in [-0.3, -0.25) is 0 Å². The minimum absolute atomic E-state index is 0. The number of benzene rings is 1. The second-order valence-corrected chi connectivity index (χ2v) is 6.11. The van der Waals surface area contributed by atoms with Crippen molar-refractivity contribution in [2.75, 3.05) is 20.2 Å². The van der Waals surface area contributed by atoms with Crippen LogP contribution in [0, 0.1) is 6.92 Å². The summed E-state index contributed by atoms with van der Waals surface area (Å²) in [4.78, 5) is 11.2. The van der Waals surface area contributed by atoms with Crippen molar-refractivity contribution in [2.24, 2.45) is 5.73 Å². The molecule has 0 atom stereocenters. The number of methoxy groups -OCH3 is 1. The van der Waals surface area contributed by atoms with E-state index in [9.17, 15) is 22.0 Å². The molecule has 0 aliphatic rings. The lowest BCUT2D eigenvalue weighted by atomic mass is 10.1. The number of carbonyl (C=O) groups excluding carboxylic acids is 1. The molecule has 126 valence electrons. The molecule has 0 aliphatic heterocycles. The fourth-order valence-corrected chi connectivity index (χ4v) is 2.73. The molecule has 0 spiro atoms. The highest BCUT2D eigenvalue weighted by atomic mass is 35.5. The zero-order valence-corrected chi connectivity index (χ0v) is 13.6. The summed E-state index contributed by atoms with van der Waals surface area (Å²) in [7, 11) is -3.20. The van der Waals surface area contributed by atoms with Gasteiger partial charge >= 0.3 is 5.97 Å². The zero-order chi connectivity index (χ0) is 16.3. The molecule has 0 saturated carbocycles. The first-order valence-electron chi connectivity index (χ1n) is 5.89. The molecule has 10 heteroatoms. The van der Waals surface area contributed by atoms with Crippen LogP contribution >= 0.6 is 12.4 Å². The van der Waals surface area contributed by atoms with Crippen LogP contribution in [0.4, 0.5) is 8.78 Å². The van der Waals surface area contributed by atoms with E-state index in [-0.39, 0.29) is 18.0 Å². The van der Waals surface area contributed by atoms with E-state index >= 15 is 0 Å². The number of carbonyl (C=O) groups is 1. The number of ether oxygens (including phenoxy) is 1. The van der Waals surface area contributed by atoms with Gasteiger partial charge in [-0.2, -0.15) is 0 Å². The number of sulfonamides is 1. The maximum atomic E-state index is 13.0. The third kappa shape index (κ3) is 5.16. The van der Waals surface area contributed by atoms with Gasteiger partial charge in [-0.05, 0) is 19.1 Å². The highest BCUT2D eigenvalue weighted by Crippen LogP contribution is 2.19. The molecule has 0 saturated heterocycles. The lowest BCUT2D eigenvalue weighted by Crippen LogP contribution is -2.41. The number of esters is 1. The molecule has 0 radical (unpaired) electrons. The van der Waals surface area contributed by atoms with Crippen LogP contribution in [0.1, 0.15) is 15.9 Å². The van der Waals surface area contributed by atoms with Crippen molar-refractivity contribution in [3.63, 3.8) is 0 Å². The first-order chi connectivity index (χ1) is 9.63. The average Bonchev–Trinajstić information content (AvgIpc) is 2.44. The van der Waals surface area contributed by atoms with E-state index in [1.165, 1.54) is 12.1 Å². The Labute approximate surface area is 133 Å². The van der Waals surface area contributed by atoms with E-state index in [2.05, 4.69) is 4.74 Å². The van der Waals surface area contributed by atoms with Gasteiger partial charge in [0, 0.05) is 0 Å². The van der Waals surface area contributed by atoms with Gasteiger partial charge in [0.05, 0.1) is 30.7 Å². The highest BCUT2D eigenvalue weighted by Gasteiger charge is 2.31. The van der Waals surface area contributed by atoms with E-state index in [4.69, 9.17) is 5.73 Å². The van der Waals surface area contributed by atoms with E-state index in [1.54, 1.807) is 11.6 Å². The van der Waals surface area contributed by atoms with Crippen molar-refractivity contribution in [3.8, 4) is 0 Å². The number of nitrogens with one attached hydrogen (secondary N) is 1. The number of rotatable bonds is 6. The smallest absolute Gasteiger partial charge is 0.339 e. The lowest BCUT2D eigenvalue weighted by Gasteiger charge is -2.16. The number of aryl methyl sites for hydroxylation is 1. The van der Waals surface area contributed by atoms with Crippen LogP contribution in [0.2, 0.25) is 0 Å². The van der Waals surface area contributed by atoms with E-state index in [0.29, 0.717) is 5.56 Å². The molecule has 1 aromatic carbocycles. The second-order valence-electron chi connectivity index (χ2n) is 4.38. The van der Waals surface area contributed by atoms with Crippen LogP contribution in [0.15, 0.2) is 23.1 Å². The molecule has 0 unspecified atom stereocenters. The highest BCUT2D eigenvalue weighted by molar-refractivity contribution is 7.89. The summed E-state index contributed by atoms with van der Waals surface area (Å²) >= 11 is 0. The molecular formula is C12H17ClF2N2O4S. The summed E-state index contributed by atoms with van der Waals surface area (Å²) in [5.74, 6) is -4.24. The molecule has 1 rings (SSSR count). The molecule has 0 heterocycles. The topological polar surface area (TPSA) is 98.5 Å². The predicted molar refractivity (Wildman–Crippen MR) is 79.0 cm³/mol. The van der Waals surface area contributed by atoms with Crippen molar-refractivity contribution in [2.45, 2.75) is 17.7 Å². The molecule has 6 nitrogen and oxygen atoms in total. The summed E-state index contributed by atoms with van der Waals surface area (Å²) in [6, 6.07) is 3.91. The molecule has 3 N–H and O–H groups in total. The van der Waals surface area contributed by atoms with Crippen LogP contribution in [-0.2, 0) is 14.8 Å². The van der Waals surface area contributed by atoms with Gasteiger partial charge in [-0.15, -0.1) is 12.4 Å². The molecule has 0 fully saturated rings. The molecule has 0 bridgehead atoms. The zero-order valence-electron chi connectivity index (χ0n) is 11.9. The van der Waals surface area contributed by atoms with Gasteiger partial charge < -0.3 is 10.5 Å². The lowest BCUT2D eigenvalue weighted by molar-refractivity contribution is 0.0170. The van der Waals surface area contributed by atoms with Crippen LogP contribution < -0.4 is 10.5 Å². The van der Waals surface area contributed by atoms with Crippen LogP contribution in [0.3, 0.4) is 0 Å². The van der Waals surface area contributed by atoms with Crippen LogP contribution in [0.5, 0.6) is 0 Å². The first-order valence-corrected chi connectivity index (χ1v) is 7.38. The average molecular weight is 359 g/mol. The first kappa shape index (κ1) is 20.7. The van der Waals surface area contributed by atoms with Gasteiger partial charge in [0.1, 0.15) is 0 Å². The van der Waals surface area contributed by atoms with Gasteiger partial charge in [0.25, 0.3) is 5.92 Å². The molecular weight excluding hydrogens is 342 g/mol. The summed E-state index contributed by atoms with van der Waals surface area (Å²) in [6.45, 7) is -0.494. The third-order valence-corrected chi connectivity index (χ3v) is 4.11. The Morgan fingerprint density at radius 1 is 1.41 bits per heavy atom. The Kier molecular flexibility index (Phi) is 7.36. The van der Waals surface area contributed by atoms with Crippen LogP contribution in [-0.4, -0.2) is 40.5 Å². The second kappa shape index (κ2) is 7.82. The van der Waals surface area contributed by atoms with Crippen molar-refractivity contribution in [3.05, 3.63) is 29.3 Å². The quantitative estimate of drug-likeness (QED) is 0.741. The minimum Gasteiger partial charge on any atom is -0.465 e. The SMILES string of the molecule is COC(=O)c1cc(C)ccc1S(=O)(=O)NCC(F)(F)CN.Cl. The molecule has 0 amide bonds. The largest absolute Gasteiger partial charge is 0.465 e. The fraction of sp³-hybridized carbons (Fsp3) is 0.417. The van der Waals surface area contributed by atoms with E-state index in [0.717, 1.165) is 13.2 Å². The summed E-state index contributed by atoms with van der Waals surface area (Å²) < 4.78 is 56.4. The van der Waals surface area contributed by atoms with Crippen molar-refractivity contribution in [1.29, 1.82) is 0 Å². The molecule has 0 aliphatic carbocycles. The summed E-state index contributed by atoms with van der Waals surface area (Å²) in [5, 5.41) is 0. The van der Waals surface area contributed by atoms with Gasteiger partial charge in [0.15, 0.2) is 0 Å². The number of hydrogen-bond acceptors (Lipinski definition) is 5. The molecule has 1 aromatic rings. The standard InChI is InChI=1S/C12H16F2N2O4S.ClH/c1-8-3-4-10(9(5-8)11(17)20-2)21(18,19)16-7-12(13,14)6-15;/h3-5,16H,6-7,15H2,1-2H3;1H. The monoisotopic (exact) mass is 358 g/mol. The fourth-order valence-electron chi connectivity index (χ4n) is 1.50.